The molecule has 0 aromatic carbocycles. The van der Waals surface area contributed by atoms with Crippen LogP contribution in [0.25, 0.3) is 0 Å². The number of likely N-dealkylation sites (tertiary alicyclic amines) is 1. The van der Waals surface area contributed by atoms with Gasteiger partial charge in [0.2, 0.25) is 0 Å². The molecule has 3 rings (SSSR count). The summed E-state index contributed by atoms with van der Waals surface area (Å²) in [5.74, 6) is 1.40. The van der Waals surface area contributed by atoms with Gasteiger partial charge in [-0.2, -0.15) is 4.98 Å². The predicted molar refractivity (Wildman–Crippen MR) is 94.5 cm³/mol. The summed E-state index contributed by atoms with van der Waals surface area (Å²) in [5, 5.41) is 4.01. The van der Waals surface area contributed by atoms with Gasteiger partial charge in [0, 0.05) is 39.8 Å². The molecule has 0 radical (unpaired) electrons. The van der Waals surface area contributed by atoms with E-state index in [9.17, 15) is 4.79 Å². The Labute approximate surface area is 148 Å². The number of amides is 1. The Kier molecular flexibility index (Phi) is 5.31. The molecule has 0 saturated carbocycles. The fraction of sp³-hybridized carbons (Fsp3) is 0.556. The highest BCUT2D eigenvalue weighted by Crippen LogP contribution is 2.23. The van der Waals surface area contributed by atoms with Crippen LogP contribution in [0, 0.1) is 12.8 Å². The maximum atomic E-state index is 12.6. The lowest BCUT2D eigenvalue weighted by Gasteiger charge is -2.32. The highest BCUT2D eigenvalue weighted by atomic mass is 16.5. The largest absolute Gasteiger partial charge is 0.337 e. The van der Waals surface area contributed by atoms with Gasteiger partial charge in [-0.1, -0.05) is 11.2 Å². The van der Waals surface area contributed by atoms with Gasteiger partial charge in [0.05, 0.1) is 0 Å². The summed E-state index contributed by atoms with van der Waals surface area (Å²) in [5.41, 5.74) is 1.51. The fourth-order valence-corrected chi connectivity index (χ4v) is 3.15. The molecule has 0 bridgehead atoms. The van der Waals surface area contributed by atoms with Crippen LogP contribution in [-0.2, 0) is 6.42 Å². The molecular weight excluding hydrogens is 318 g/mol. The van der Waals surface area contributed by atoms with Crippen LogP contribution >= 0.6 is 0 Å². The summed E-state index contributed by atoms with van der Waals surface area (Å²) in [6, 6.07) is 4.33. The van der Waals surface area contributed by atoms with Crippen molar-refractivity contribution in [2.75, 3.05) is 32.1 Å². The number of carbonyl (C=O) groups is 1. The molecule has 1 aliphatic heterocycles. The number of rotatable bonds is 5. The van der Waals surface area contributed by atoms with Crippen LogP contribution in [-0.4, -0.2) is 53.1 Å². The summed E-state index contributed by atoms with van der Waals surface area (Å²) in [7, 11) is 3.76. The first-order valence-electron chi connectivity index (χ1n) is 8.75. The minimum Gasteiger partial charge on any atom is -0.337 e. The average molecular weight is 343 g/mol. The van der Waals surface area contributed by atoms with E-state index in [2.05, 4.69) is 15.1 Å². The Balaban J connectivity index is 1.48. The SMILES string of the molecule is Cc1cccnc1C(=O)N1CCC(CCc2noc(N(C)C)n2)CC1. The molecule has 0 N–H and O–H groups in total. The molecule has 7 nitrogen and oxygen atoms in total. The maximum Gasteiger partial charge on any atom is 0.323 e. The topological polar surface area (TPSA) is 75.4 Å². The minimum atomic E-state index is 0.0466. The predicted octanol–water partition coefficient (Wildman–Crippen LogP) is 2.32. The Morgan fingerprint density at radius 1 is 1.36 bits per heavy atom. The molecule has 7 heteroatoms. The quantitative estimate of drug-likeness (QED) is 0.829. The lowest BCUT2D eigenvalue weighted by Crippen LogP contribution is -2.39. The third-order valence-corrected chi connectivity index (χ3v) is 4.73. The van der Waals surface area contributed by atoms with Crippen LogP contribution in [0.15, 0.2) is 22.9 Å². The molecular formula is C18H25N5O2. The molecule has 0 spiro atoms. The van der Waals surface area contributed by atoms with Crippen molar-refractivity contribution in [2.24, 2.45) is 5.92 Å². The lowest BCUT2D eigenvalue weighted by molar-refractivity contribution is 0.0680. The van der Waals surface area contributed by atoms with Gasteiger partial charge in [0.15, 0.2) is 5.82 Å². The smallest absolute Gasteiger partial charge is 0.323 e. The molecule has 0 aliphatic carbocycles. The fourth-order valence-electron chi connectivity index (χ4n) is 3.15. The first-order chi connectivity index (χ1) is 12.0. The van der Waals surface area contributed by atoms with Gasteiger partial charge >= 0.3 is 6.01 Å². The van der Waals surface area contributed by atoms with Gasteiger partial charge in [-0.3, -0.25) is 9.78 Å². The van der Waals surface area contributed by atoms with Crippen molar-refractivity contribution < 1.29 is 9.32 Å². The number of nitrogens with zero attached hydrogens (tertiary/aromatic N) is 5. The molecule has 0 atom stereocenters. The maximum absolute atomic E-state index is 12.6. The van der Waals surface area contributed by atoms with Crippen LogP contribution in [0.1, 0.15) is 41.1 Å². The number of aromatic nitrogens is 3. The summed E-state index contributed by atoms with van der Waals surface area (Å²) < 4.78 is 5.18. The van der Waals surface area contributed by atoms with Crippen LogP contribution < -0.4 is 4.90 Å². The first-order valence-corrected chi connectivity index (χ1v) is 8.75. The molecule has 2 aromatic heterocycles. The second-order valence-electron chi connectivity index (χ2n) is 6.83. The molecule has 1 saturated heterocycles. The summed E-state index contributed by atoms with van der Waals surface area (Å²) in [4.78, 5) is 24.9. The first kappa shape index (κ1) is 17.4. The number of aryl methyl sites for hydroxylation is 2. The van der Waals surface area contributed by atoms with Gasteiger partial charge in [-0.25, -0.2) is 0 Å². The molecule has 134 valence electrons. The van der Waals surface area contributed by atoms with Crippen molar-refractivity contribution >= 4 is 11.9 Å². The van der Waals surface area contributed by atoms with Gasteiger partial charge in [0.1, 0.15) is 5.69 Å². The monoisotopic (exact) mass is 343 g/mol. The zero-order valence-corrected chi connectivity index (χ0v) is 15.1. The second-order valence-corrected chi connectivity index (χ2v) is 6.83. The van der Waals surface area contributed by atoms with E-state index >= 15 is 0 Å². The van der Waals surface area contributed by atoms with Crippen LogP contribution in [0.4, 0.5) is 6.01 Å². The highest BCUT2D eigenvalue weighted by molar-refractivity contribution is 5.93. The van der Waals surface area contributed by atoms with Crippen molar-refractivity contribution in [2.45, 2.75) is 32.6 Å². The van der Waals surface area contributed by atoms with Gasteiger partial charge in [-0.15, -0.1) is 0 Å². The molecule has 3 heterocycles. The van der Waals surface area contributed by atoms with Gasteiger partial charge < -0.3 is 14.3 Å². The van der Waals surface area contributed by atoms with Gasteiger partial charge in [-0.05, 0) is 43.7 Å². The number of pyridine rings is 1. The second kappa shape index (κ2) is 7.63. The minimum absolute atomic E-state index is 0.0466. The molecule has 1 aliphatic rings. The van der Waals surface area contributed by atoms with Crippen LogP contribution in [0.3, 0.4) is 0 Å². The zero-order chi connectivity index (χ0) is 17.8. The summed E-state index contributed by atoms with van der Waals surface area (Å²) in [6.45, 7) is 3.50. The van der Waals surface area contributed by atoms with Crippen LogP contribution in [0.5, 0.6) is 0 Å². The Bertz CT molecular complexity index is 720. The van der Waals surface area contributed by atoms with Crippen molar-refractivity contribution in [3.63, 3.8) is 0 Å². The number of carbonyl (C=O) groups excluding carboxylic acids is 1. The summed E-state index contributed by atoms with van der Waals surface area (Å²) >= 11 is 0. The van der Waals surface area contributed by atoms with Crippen LogP contribution in [0.2, 0.25) is 0 Å². The number of anilines is 1. The Hall–Kier alpha value is -2.44. The molecule has 1 fully saturated rings. The van der Waals surface area contributed by atoms with E-state index < -0.39 is 0 Å². The molecule has 2 aromatic rings. The van der Waals surface area contributed by atoms with Crippen molar-refractivity contribution in [3.8, 4) is 0 Å². The lowest BCUT2D eigenvalue weighted by atomic mass is 9.92. The Morgan fingerprint density at radius 3 is 2.76 bits per heavy atom. The van der Waals surface area contributed by atoms with E-state index in [-0.39, 0.29) is 5.91 Å². The Morgan fingerprint density at radius 2 is 2.12 bits per heavy atom. The molecule has 1 amide bonds. The van der Waals surface area contributed by atoms with E-state index in [1.54, 1.807) is 11.1 Å². The van der Waals surface area contributed by atoms with Crippen molar-refractivity contribution in [1.29, 1.82) is 0 Å². The standard InChI is InChI=1S/C18H25N5O2/c1-13-5-4-10-19-16(13)17(24)23-11-8-14(9-12-23)6-7-15-20-18(22(2)3)25-21-15/h4-5,10,14H,6-9,11-12H2,1-3H3. The van der Waals surface area contributed by atoms with Crippen molar-refractivity contribution in [1.82, 2.24) is 20.0 Å². The number of hydrogen-bond donors (Lipinski definition) is 0. The third kappa shape index (κ3) is 4.15. The van der Waals surface area contributed by atoms with Gasteiger partial charge in [0.25, 0.3) is 5.91 Å². The normalized spacial score (nSPS) is 15.4. The highest BCUT2D eigenvalue weighted by Gasteiger charge is 2.25. The number of piperidine rings is 1. The van der Waals surface area contributed by atoms with E-state index in [1.807, 2.05) is 38.1 Å². The third-order valence-electron chi connectivity index (χ3n) is 4.73. The van der Waals surface area contributed by atoms with Crippen molar-refractivity contribution in [3.05, 3.63) is 35.4 Å². The number of hydrogen-bond acceptors (Lipinski definition) is 6. The van der Waals surface area contributed by atoms with E-state index in [1.165, 1.54) is 0 Å². The zero-order valence-electron chi connectivity index (χ0n) is 15.1. The van der Waals surface area contributed by atoms with E-state index in [4.69, 9.17) is 4.52 Å². The average Bonchev–Trinajstić information content (AvgIpc) is 3.10. The molecule has 25 heavy (non-hydrogen) atoms. The van der Waals surface area contributed by atoms with E-state index in [0.29, 0.717) is 17.6 Å². The summed E-state index contributed by atoms with van der Waals surface area (Å²) in [6.07, 6.45) is 5.54. The van der Waals surface area contributed by atoms with E-state index in [0.717, 1.165) is 50.2 Å². The molecule has 0 unspecified atom stereocenters.